The molecule has 3 saturated carbocycles. The van der Waals surface area contributed by atoms with Gasteiger partial charge in [-0.25, -0.2) is 0 Å². The van der Waals surface area contributed by atoms with Crippen LogP contribution in [0.2, 0.25) is 0 Å². The highest BCUT2D eigenvalue weighted by Gasteiger charge is 2.79. The predicted molar refractivity (Wildman–Crippen MR) is 81.2 cm³/mol. The van der Waals surface area contributed by atoms with E-state index in [1.165, 1.54) is 5.57 Å². The average molecular weight is 300 g/mol. The average Bonchev–Trinajstić information content (AvgIpc) is 3.12. The molecule has 0 aromatic rings. The van der Waals surface area contributed by atoms with Crippen molar-refractivity contribution in [3.63, 3.8) is 0 Å². The van der Waals surface area contributed by atoms with Crippen molar-refractivity contribution in [3.8, 4) is 0 Å². The Morgan fingerprint density at radius 2 is 1.86 bits per heavy atom. The van der Waals surface area contributed by atoms with E-state index in [-0.39, 0.29) is 28.3 Å². The van der Waals surface area contributed by atoms with Gasteiger partial charge in [0.1, 0.15) is 11.4 Å². The number of fused-ring (bicyclic) bond motifs is 3. The zero-order valence-electron chi connectivity index (χ0n) is 13.5. The molecule has 0 aromatic carbocycles. The SMILES string of the molecule is CC12C[C@H]3OC34C(CCC3=CC(=O)CCC34C)C1CCC2=O. The van der Waals surface area contributed by atoms with Crippen molar-refractivity contribution in [2.45, 2.75) is 70.5 Å². The summed E-state index contributed by atoms with van der Waals surface area (Å²) in [7, 11) is 0. The van der Waals surface area contributed by atoms with E-state index in [0.29, 0.717) is 24.0 Å². The summed E-state index contributed by atoms with van der Waals surface area (Å²) < 4.78 is 6.42. The summed E-state index contributed by atoms with van der Waals surface area (Å²) in [5, 5.41) is 0. The maximum atomic E-state index is 12.5. The highest BCUT2D eigenvalue weighted by atomic mass is 16.6. The van der Waals surface area contributed by atoms with Gasteiger partial charge in [0, 0.05) is 23.7 Å². The van der Waals surface area contributed by atoms with Gasteiger partial charge in [-0.1, -0.05) is 19.4 Å². The zero-order chi connectivity index (χ0) is 15.3. The third kappa shape index (κ3) is 1.26. The number of hydrogen-bond acceptors (Lipinski definition) is 3. The van der Waals surface area contributed by atoms with Gasteiger partial charge < -0.3 is 4.74 Å². The van der Waals surface area contributed by atoms with Gasteiger partial charge in [0.25, 0.3) is 0 Å². The molecule has 4 aliphatic carbocycles. The number of rotatable bonds is 0. The number of Topliss-reactive ketones (excluding diaryl/α,β-unsaturated/α-hetero) is 1. The summed E-state index contributed by atoms with van der Waals surface area (Å²) in [5.74, 6) is 1.76. The summed E-state index contributed by atoms with van der Waals surface area (Å²) in [5.41, 5.74) is 1.15. The second kappa shape index (κ2) is 3.75. The second-order valence-electron chi connectivity index (χ2n) is 8.70. The molecule has 0 N–H and O–H groups in total. The minimum atomic E-state index is -0.141. The van der Waals surface area contributed by atoms with Crippen LogP contribution in [-0.2, 0) is 14.3 Å². The Kier molecular flexibility index (Phi) is 2.29. The fraction of sp³-hybridized carbons (Fsp3) is 0.789. The van der Waals surface area contributed by atoms with Gasteiger partial charge in [0.2, 0.25) is 0 Å². The van der Waals surface area contributed by atoms with Gasteiger partial charge in [-0.3, -0.25) is 9.59 Å². The number of carbonyl (C=O) groups is 2. The Labute approximate surface area is 131 Å². The molecule has 1 heterocycles. The van der Waals surface area contributed by atoms with E-state index in [1.807, 2.05) is 6.08 Å². The van der Waals surface area contributed by atoms with E-state index in [2.05, 4.69) is 13.8 Å². The maximum Gasteiger partial charge on any atom is 0.155 e. The number of ether oxygens (including phenoxy) is 1. The molecule has 4 fully saturated rings. The number of ketones is 2. The minimum Gasteiger partial charge on any atom is -0.365 e. The number of epoxide rings is 1. The Morgan fingerprint density at radius 1 is 1.09 bits per heavy atom. The molecular weight excluding hydrogens is 276 g/mol. The molecule has 118 valence electrons. The fourth-order valence-electron chi connectivity index (χ4n) is 6.79. The number of carbonyl (C=O) groups excluding carboxylic acids is 2. The monoisotopic (exact) mass is 300 g/mol. The predicted octanol–water partition coefficient (Wildman–Crippen LogP) is 3.22. The van der Waals surface area contributed by atoms with Crippen LogP contribution < -0.4 is 0 Å². The normalized spacial score (nSPS) is 55.7. The first-order valence-corrected chi connectivity index (χ1v) is 8.87. The van der Waals surface area contributed by atoms with E-state index in [9.17, 15) is 9.59 Å². The summed E-state index contributed by atoms with van der Waals surface area (Å²) in [6.45, 7) is 4.52. The Bertz CT molecular complexity index is 635. The van der Waals surface area contributed by atoms with E-state index in [1.54, 1.807) is 0 Å². The highest BCUT2D eigenvalue weighted by Crippen LogP contribution is 2.74. The van der Waals surface area contributed by atoms with E-state index >= 15 is 0 Å². The molecule has 1 aliphatic heterocycles. The first kappa shape index (κ1) is 13.5. The molecule has 0 amide bonds. The quantitative estimate of drug-likeness (QED) is 0.645. The van der Waals surface area contributed by atoms with Crippen molar-refractivity contribution in [3.05, 3.63) is 11.6 Å². The minimum absolute atomic E-state index is 0.0292. The van der Waals surface area contributed by atoms with Crippen LogP contribution in [0.3, 0.4) is 0 Å². The van der Waals surface area contributed by atoms with Crippen LogP contribution in [0.25, 0.3) is 0 Å². The molecule has 5 unspecified atom stereocenters. The van der Waals surface area contributed by atoms with Gasteiger partial charge in [0.15, 0.2) is 5.78 Å². The summed E-state index contributed by atoms with van der Waals surface area (Å²) >= 11 is 0. The van der Waals surface area contributed by atoms with Gasteiger partial charge in [0.05, 0.1) is 6.10 Å². The van der Waals surface area contributed by atoms with Gasteiger partial charge in [-0.2, -0.15) is 0 Å². The van der Waals surface area contributed by atoms with Crippen molar-refractivity contribution in [2.75, 3.05) is 0 Å². The van der Waals surface area contributed by atoms with E-state index in [4.69, 9.17) is 4.74 Å². The Hall–Kier alpha value is -0.960. The van der Waals surface area contributed by atoms with Crippen molar-refractivity contribution >= 4 is 11.6 Å². The van der Waals surface area contributed by atoms with Crippen LogP contribution in [0.1, 0.15) is 58.8 Å². The van der Waals surface area contributed by atoms with Crippen LogP contribution in [-0.4, -0.2) is 23.3 Å². The fourth-order valence-corrected chi connectivity index (χ4v) is 6.79. The van der Waals surface area contributed by atoms with Crippen molar-refractivity contribution < 1.29 is 14.3 Å². The molecular formula is C19H24O3. The van der Waals surface area contributed by atoms with Crippen molar-refractivity contribution in [1.82, 2.24) is 0 Å². The topological polar surface area (TPSA) is 46.7 Å². The molecule has 0 aromatic heterocycles. The molecule has 3 nitrogen and oxygen atoms in total. The van der Waals surface area contributed by atoms with Crippen LogP contribution in [0.15, 0.2) is 11.6 Å². The third-order valence-electron chi connectivity index (χ3n) is 8.04. The maximum absolute atomic E-state index is 12.5. The molecule has 3 heteroatoms. The lowest BCUT2D eigenvalue weighted by Gasteiger charge is -2.54. The number of hydrogen-bond donors (Lipinski definition) is 0. The molecule has 6 atom stereocenters. The largest absolute Gasteiger partial charge is 0.365 e. The highest BCUT2D eigenvalue weighted by molar-refractivity contribution is 5.92. The zero-order valence-corrected chi connectivity index (χ0v) is 13.5. The Morgan fingerprint density at radius 3 is 2.68 bits per heavy atom. The molecule has 22 heavy (non-hydrogen) atoms. The lowest BCUT2D eigenvalue weighted by molar-refractivity contribution is -0.130. The van der Waals surface area contributed by atoms with Crippen LogP contribution in [0.5, 0.6) is 0 Å². The first-order chi connectivity index (χ1) is 10.4. The van der Waals surface area contributed by atoms with Gasteiger partial charge in [-0.05, 0) is 50.0 Å². The molecule has 5 aliphatic rings. The lowest BCUT2D eigenvalue weighted by atomic mass is 9.47. The smallest absolute Gasteiger partial charge is 0.155 e. The molecule has 5 rings (SSSR count). The first-order valence-electron chi connectivity index (χ1n) is 8.87. The molecule has 1 saturated heterocycles. The molecule has 0 bridgehead atoms. The van der Waals surface area contributed by atoms with E-state index < -0.39 is 0 Å². The molecule has 0 radical (unpaired) electrons. The van der Waals surface area contributed by atoms with Gasteiger partial charge >= 0.3 is 0 Å². The summed E-state index contributed by atoms with van der Waals surface area (Å²) in [4.78, 5) is 24.3. The Balaban J connectivity index is 1.61. The van der Waals surface area contributed by atoms with Crippen molar-refractivity contribution in [2.24, 2.45) is 22.7 Å². The van der Waals surface area contributed by atoms with Crippen LogP contribution in [0.4, 0.5) is 0 Å². The lowest BCUT2D eigenvalue weighted by Crippen LogP contribution is -2.57. The standard InChI is InChI=1S/C19H24O3/c1-17-10-16-19(22-16)14(13(17)5-6-15(17)21)4-3-11-9-12(20)7-8-18(11,19)2/h9,13-14,16H,3-8,10H2,1-2H3/t13?,14?,16-,17?,18?,19?/m1/s1. The molecule has 1 spiro atoms. The van der Waals surface area contributed by atoms with Crippen molar-refractivity contribution in [1.29, 1.82) is 0 Å². The van der Waals surface area contributed by atoms with Crippen LogP contribution in [0, 0.1) is 22.7 Å². The third-order valence-corrected chi connectivity index (χ3v) is 8.04. The second-order valence-corrected chi connectivity index (χ2v) is 8.70. The van der Waals surface area contributed by atoms with Gasteiger partial charge in [-0.15, -0.1) is 0 Å². The summed E-state index contributed by atoms with van der Waals surface area (Å²) in [6.07, 6.45) is 8.58. The summed E-state index contributed by atoms with van der Waals surface area (Å²) in [6, 6.07) is 0. The van der Waals surface area contributed by atoms with E-state index in [0.717, 1.165) is 38.5 Å². The van der Waals surface area contributed by atoms with Crippen LogP contribution >= 0.6 is 0 Å².